The van der Waals surface area contributed by atoms with E-state index in [0.717, 1.165) is 43.6 Å². The fourth-order valence-corrected chi connectivity index (χ4v) is 3.32. The van der Waals surface area contributed by atoms with Gasteiger partial charge < -0.3 is 20.1 Å². The first-order valence-electron chi connectivity index (χ1n) is 8.72. The molecule has 6 nitrogen and oxygen atoms in total. The van der Waals surface area contributed by atoms with E-state index in [1.165, 1.54) is 24.9 Å². The van der Waals surface area contributed by atoms with Crippen LogP contribution in [0.5, 0.6) is 0 Å². The van der Waals surface area contributed by atoms with E-state index in [0.29, 0.717) is 6.54 Å². The van der Waals surface area contributed by atoms with E-state index in [4.69, 9.17) is 10.3 Å². The topological polar surface area (TPSA) is 71.4 Å². The first-order valence-corrected chi connectivity index (χ1v) is 8.72. The minimum absolute atomic E-state index is 0.409. The molecule has 3 heterocycles. The molecule has 0 amide bonds. The largest absolute Gasteiger partial charge is 0.371 e. The lowest BCUT2D eigenvalue weighted by atomic mass is 9.93. The number of hydrogen-bond donors (Lipinski definition) is 1. The van der Waals surface area contributed by atoms with Gasteiger partial charge in [0.05, 0.1) is 12.2 Å². The minimum atomic E-state index is 0.409. The van der Waals surface area contributed by atoms with Gasteiger partial charge in [-0.25, -0.2) is 0 Å². The van der Waals surface area contributed by atoms with Gasteiger partial charge in [-0.1, -0.05) is 5.16 Å². The summed E-state index contributed by atoms with van der Waals surface area (Å²) in [6.07, 6.45) is 7.50. The van der Waals surface area contributed by atoms with Crippen LogP contribution in [0, 0.1) is 5.92 Å². The summed E-state index contributed by atoms with van der Waals surface area (Å²) in [5, 5.41) is 4.06. The smallest absolute Gasteiger partial charge is 0.150 e. The molecule has 2 aromatic rings. The molecule has 1 saturated heterocycles. The third-order valence-corrected chi connectivity index (χ3v) is 4.80. The van der Waals surface area contributed by atoms with E-state index in [-0.39, 0.29) is 0 Å². The van der Waals surface area contributed by atoms with Gasteiger partial charge in [0.25, 0.3) is 0 Å². The van der Waals surface area contributed by atoms with Gasteiger partial charge in [-0.05, 0) is 50.9 Å². The lowest BCUT2D eigenvalue weighted by molar-refractivity contribution is 0.265. The summed E-state index contributed by atoms with van der Waals surface area (Å²) < 4.78 is 5.15. The number of piperidine rings is 1. The van der Waals surface area contributed by atoms with Gasteiger partial charge in [0, 0.05) is 43.8 Å². The summed E-state index contributed by atoms with van der Waals surface area (Å²) >= 11 is 0. The van der Waals surface area contributed by atoms with Crippen molar-refractivity contribution < 1.29 is 4.52 Å². The Morgan fingerprint density at radius 2 is 2.04 bits per heavy atom. The van der Waals surface area contributed by atoms with Gasteiger partial charge in [-0.2, -0.15) is 0 Å². The number of nitrogens with two attached hydrogens (primary N) is 1. The number of anilines is 1. The predicted molar refractivity (Wildman–Crippen MR) is 94.5 cm³/mol. The number of nitrogens with zero attached hydrogens (tertiary/aromatic N) is 4. The van der Waals surface area contributed by atoms with Crippen molar-refractivity contribution in [2.45, 2.75) is 32.4 Å². The molecule has 0 spiro atoms. The summed E-state index contributed by atoms with van der Waals surface area (Å²) in [5.74, 6) is 1.56. The van der Waals surface area contributed by atoms with Crippen LogP contribution < -0.4 is 10.6 Å². The molecule has 0 unspecified atom stereocenters. The third-order valence-electron chi connectivity index (χ3n) is 4.80. The second kappa shape index (κ2) is 8.26. The molecule has 24 heavy (non-hydrogen) atoms. The summed E-state index contributed by atoms with van der Waals surface area (Å²) in [4.78, 5) is 8.87. The molecule has 6 heteroatoms. The van der Waals surface area contributed by atoms with Crippen LogP contribution in [-0.2, 0) is 13.1 Å². The quantitative estimate of drug-likeness (QED) is 0.840. The average Bonchev–Trinajstić information content (AvgIpc) is 3.09. The first kappa shape index (κ1) is 16.9. The zero-order valence-corrected chi connectivity index (χ0v) is 14.4. The SMILES string of the molecule is CN(CCC1CCN(c2ccncc2)CC1)Cc1cc(CN)on1. The molecule has 2 aromatic heterocycles. The molecule has 130 valence electrons. The first-order chi connectivity index (χ1) is 11.7. The van der Waals surface area contributed by atoms with E-state index >= 15 is 0 Å². The van der Waals surface area contributed by atoms with Crippen LogP contribution in [0.1, 0.15) is 30.7 Å². The number of pyridine rings is 1. The standard InChI is InChI=1S/C18H27N5O/c1-22(14-16-12-18(13-19)24-21-16)9-4-15-5-10-23(11-6-15)17-2-7-20-8-3-17/h2-3,7-8,12,15H,4-6,9-11,13-14,19H2,1H3. The molecule has 3 rings (SSSR count). The van der Waals surface area contributed by atoms with Crippen molar-refractivity contribution in [1.29, 1.82) is 0 Å². The lowest BCUT2D eigenvalue weighted by Gasteiger charge is -2.34. The number of aromatic nitrogens is 2. The Hall–Kier alpha value is -1.92. The Kier molecular flexibility index (Phi) is 5.82. The molecule has 1 aliphatic rings. The maximum absolute atomic E-state index is 5.55. The molecule has 0 radical (unpaired) electrons. The van der Waals surface area contributed by atoms with Gasteiger partial charge in [0.1, 0.15) is 0 Å². The highest BCUT2D eigenvalue weighted by Gasteiger charge is 2.19. The highest BCUT2D eigenvalue weighted by Crippen LogP contribution is 2.25. The maximum atomic E-state index is 5.55. The number of rotatable bonds is 7. The molecule has 2 N–H and O–H groups in total. The van der Waals surface area contributed by atoms with Gasteiger partial charge in [-0.3, -0.25) is 4.98 Å². The van der Waals surface area contributed by atoms with E-state index < -0.39 is 0 Å². The van der Waals surface area contributed by atoms with Crippen LogP contribution in [-0.4, -0.2) is 41.7 Å². The van der Waals surface area contributed by atoms with Crippen LogP contribution in [0.3, 0.4) is 0 Å². The molecule has 0 bridgehead atoms. The zero-order valence-electron chi connectivity index (χ0n) is 14.4. The molecule has 0 atom stereocenters. The summed E-state index contributed by atoms with van der Waals surface area (Å²) in [6.45, 7) is 4.60. The highest BCUT2D eigenvalue weighted by molar-refractivity contribution is 5.44. The molecular formula is C18H27N5O. The summed E-state index contributed by atoms with van der Waals surface area (Å²) in [6, 6.07) is 6.15. The van der Waals surface area contributed by atoms with Crippen LogP contribution in [0.15, 0.2) is 35.1 Å². The fourth-order valence-electron chi connectivity index (χ4n) is 3.32. The molecule has 0 saturated carbocycles. The molecule has 1 fully saturated rings. The monoisotopic (exact) mass is 329 g/mol. The van der Waals surface area contributed by atoms with Crippen LogP contribution in [0.2, 0.25) is 0 Å². The van der Waals surface area contributed by atoms with E-state index in [1.54, 1.807) is 0 Å². The van der Waals surface area contributed by atoms with Crippen LogP contribution >= 0.6 is 0 Å². The van der Waals surface area contributed by atoms with Gasteiger partial charge in [0.15, 0.2) is 5.76 Å². The van der Waals surface area contributed by atoms with Crippen molar-refractivity contribution in [2.75, 3.05) is 31.6 Å². The Morgan fingerprint density at radius 3 is 2.71 bits per heavy atom. The predicted octanol–water partition coefficient (Wildman–Crippen LogP) is 2.27. The summed E-state index contributed by atoms with van der Waals surface area (Å²) in [5.41, 5.74) is 7.81. The third kappa shape index (κ3) is 4.55. The van der Waals surface area contributed by atoms with Gasteiger partial charge in [-0.15, -0.1) is 0 Å². The normalized spacial score (nSPS) is 16.0. The van der Waals surface area contributed by atoms with Gasteiger partial charge >= 0.3 is 0 Å². The molecule has 0 aliphatic carbocycles. The maximum Gasteiger partial charge on any atom is 0.150 e. The van der Waals surface area contributed by atoms with Crippen molar-refractivity contribution in [3.05, 3.63) is 42.0 Å². The Morgan fingerprint density at radius 1 is 1.29 bits per heavy atom. The fraction of sp³-hybridized carbons (Fsp3) is 0.556. The van der Waals surface area contributed by atoms with Crippen molar-refractivity contribution >= 4 is 5.69 Å². The minimum Gasteiger partial charge on any atom is -0.371 e. The van der Waals surface area contributed by atoms with Crippen LogP contribution in [0.4, 0.5) is 5.69 Å². The second-order valence-corrected chi connectivity index (χ2v) is 6.65. The van der Waals surface area contributed by atoms with Crippen molar-refractivity contribution in [3.8, 4) is 0 Å². The zero-order chi connectivity index (χ0) is 16.8. The number of hydrogen-bond acceptors (Lipinski definition) is 6. The Labute approximate surface area is 143 Å². The highest BCUT2D eigenvalue weighted by atomic mass is 16.5. The molecule has 1 aliphatic heterocycles. The van der Waals surface area contributed by atoms with Crippen molar-refractivity contribution in [2.24, 2.45) is 11.7 Å². The molecular weight excluding hydrogens is 302 g/mol. The van der Waals surface area contributed by atoms with E-state index in [2.05, 4.69) is 39.1 Å². The summed E-state index contributed by atoms with van der Waals surface area (Å²) in [7, 11) is 2.14. The average molecular weight is 329 g/mol. The Bertz CT molecular complexity index is 607. The molecule has 0 aromatic carbocycles. The van der Waals surface area contributed by atoms with Crippen molar-refractivity contribution in [3.63, 3.8) is 0 Å². The lowest BCUT2D eigenvalue weighted by Crippen LogP contribution is -2.34. The van der Waals surface area contributed by atoms with Crippen LogP contribution in [0.25, 0.3) is 0 Å². The van der Waals surface area contributed by atoms with E-state index in [1.807, 2.05) is 18.5 Å². The van der Waals surface area contributed by atoms with Crippen molar-refractivity contribution in [1.82, 2.24) is 15.0 Å². The van der Waals surface area contributed by atoms with Gasteiger partial charge in [0.2, 0.25) is 0 Å². The second-order valence-electron chi connectivity index (χ2n) is 6.65. The Balaban J connectivity index is 1.38. The van der Waals surface area contributed by atoms with E-state index in [9.17, 15) is 0 Å².